The summed E-state index contributed by atoms with van der Waals surface area (Å²) in [6.45, 7) is 0.577. The Labute approximate surface area is 100 Å². The van der Waals surface area contributed by atoms with E-state index in [4.69, 9.17) is 9.88 Å². The lowest BCUT2D eigenvalue weighted by Gasteiger charge is -2.08. The predicted octanol–water partition coefficient (Wildman–Crippen LogP) is -0.221. The van der Waals surface area contributed by atoms with E-state index in [1.165, 1.54) is 13.2 Å². The highest BCUT2D eigenvalue weighted by atomic mass is 32.2. The highest BCUT2D eigenvalue weighted by Crippen LogP contribution is 2.22. The van der Waals surface area contributed by atoms with Crippen LogP contribution in [0.2, 0.25) is 0 Å². The molecule has 0 saturated heterocycles. The van der Waals surface area contributed by atoms with Crippen LogP contribution in [0.1, 0.15) is 5.56 Å². The number of benzene rings is 1. The van der Waals surface area contributed by atoms with Crippen molar-refractivity contribution in [1.82, 2.24) is 5.32 Å². The molecule has 0 aromatic heterocycles. The summed E-state index contributed by atoms with van der Waals surface area (Å²) >= 11 is 0. The highest BCUT2D eigenvalue weighted by Gasteiger charge is 2.05. The van der Waals surface area contributed by atoms with E-state index in [0.717, 1.165) is 0 Å². The zero-order chi connectivity index (χ0) is 12.9. The van der Waals surface area contributed by atoms with Gasteiger partial charge in [0.25, 0.3) is 0 Å². The van der Waals surface area contributed by atoms with E-state index >= 15 is 0 Å². The Morgan fingerprint density at radius 3 is 2.76 bits per heavy atom. The molecule has 0 aliphatic heterocycles. The second kappa shape index (κ2) is 5.85. The topological polar surface area (TPSA) is 102 Å². The third-order valence-corrected chi connectivity index (χ3v) is 2.94. The van der Waals surface area contributed by atoms with Gasteiger partial charge in [-0.25, -0.2) is 13.6 Å². The molecule has 0 saturated carbocycles. The van der Waals surface area contributed by atoms with Gasteiger partial charge in [0, 0.05) is 18.7 Å². The monoisotopic (exact) mass is 260 g/mol. The molecule has 0 fully saturated rings. The summed E-state index contributed by atoms with van der Waals surface area (Å²) < 4.78 is 26.4. The van der Waals surface area contributed by atoms with Gasteiger partial charge in [-0.2, -0.15) is 0 Å². The molecule has 0 heterocycles. The second-order valence-corrected chi connectivity index (χ2v) is 5.27. The lowest BCUT2D eigenvalue weighted by molar-refractivity contribution is 0.410. The van der Waals surface area contributed by atoms with Gasteiger partial charge in [-0.05, 0) is 18.2 Å². The number of hydrogen-bond donors (Lipinski definition) is 3. The van der Waals surface area contributed by atoms with Crippen molar-refractivity contribution >= 4 is 10.0 Å². The molecule has 0 spiro atoms. The van der Waals surface area contributed by atoms with Crippen molar-refractivity contribution in [3.8, 4) is 11.5 Å². The first kappa shape index (κ1) is 13.8. The molecule has 0 amide bonds. The zero-order valence-corrected chi connectivity index (χ0v) is 10.3. The van der Waals surface area contributed by atoms with Gasteiger partial charge in [0.1, 0.15) is 11.5 Å². The Hall–Kier alpha value is -1.31. The Morgan fingerprint density at radius 2 is 2.18 bits per heavy atom. The number of rotatable bonds is 6. The van der Waals surface area contributed by atoms with Crippen LogP contribution >= 0.6 is 0 Å². The first-order chi connectivity index (χ1) is 7.92. The fourth-order valence-electron chi connectivity index (χ4n) is 1.27. The molecule has 1 rings (SSSR count). The van der Waals surface area contributed by atoms with Gasteiger partial charge in [-0.15, -0.1) is 0 Å². The van der Waals surface area contributed by atoms with Crippen molar-refractivity contribution in [3.63, 3.8) is 0 Å². The summed E-state index contributed by atoms with van der Waals surface area (Å²) in [5.74, 6) is 0.623. The van der Waals surface area contributed by atoms with Crippen LogP contribution in [0.4, 0.5) is 0 Å². The van der Waals surface area contributed by atoms with Crippen LogP contribution in [0, 0.1) is 0 Å². The second-order valence-electron chi connectivity index (χ2n) is 3.54. The SMILES string of the molecule is COc1ccc(O)c(CNCCS(N)(=O)=O)c1. The predicted molar refractivity (Wildman–Crippen MR) is 64.3 cm³/mol. The number of phenolic OH excluding ortho intramolecular Hbond substituents is 1. The Morgan fingerprint density at radius 1 is 1.47 bits per heavy atom. The molecule has 0 unspecified atom stereocenters. The molecule has 96 valence electrons. The lowest BCUT2D eigenvalue weighted by Crippen LogP contribution is -2.26. The van der Waals surface area contributed by atoms with Crippen LogP contribution in [0.3, 0.4) is 0 Å². The van der Waals surface area contributed by atoms with Crippen molar-refractivity contribution in [3.05, 3.63) is 23.8 Å². The summed E-state index contributed by atoms with van der Waals surface area (Å²) in [5.41, 5.74) is 0.638. The van der Waals surface area contributed by atoms with Crippen molar-refractivity contribution < 1.29 is 18.3 Å². The quantitative estimate of drug-likeness (QED) is 0.614. The number of nitrogens with two attached hydrogens (primary N) is 1. The number of methoxy groups -OCH3 is 1. The summed E-state index contributed by atoms with van der Waals surface area (Å²) in [5, 5.41) is 17.3. The Kier molecular flexibility index (Phi) is 4.73. The van der Waals surface area contributed by atoms with Crippen molar-refractivity contribution in [1.29, 1.82) is 0 Å². The number of ether oxygens (including phenoxy) is 1. The minimum atomic E-state index is -3.45. The molecular formula is C10H16N2O4S. The first-order valence-electron chi connectivity index (χ1n) is 4.99. The average Bonchev–Trinajstić information content (AvgIpc) is 2.25. The van der Waals surface area contributed by atoms with E-state index in [2.05, 4.69) is 5.32 Å². The normalized spacial score (nSPS) is 11.4. The zero-order valence-electron chi connectivity index (χ0n) is 9.51. The smallest absolute Gasteiger partial charge is 0.210 e. The maximum Gasteiger partial charge on any atom is 0.210 e. The molecule has 1 aromatic rings. The number of aromatic hydroxyl groups is 1. The summed E-state index contributed by atoms with van der Waals surface area (Å²) in [4.78, 5) is 0. The lowest BCUT2D eigenvalue weighted by atomic mass is 10.2. The fraction of sp³-hybridized carbons (Fsp3) is 0.400. The fourth-order valence-corrected chi connectivity index (χ4v) is 1.70. The van der Waals surface area contributed by atoms with E-state index in [0.29, 0.717) is 17.9 Å². The maximum atomic E-state index is 10.7. The average molecular weight is 260 g/mol. The molecular weight excluding hydrogens is 244 g/mol. The van der Waals surface area contributed by atoms with Crippen LogP contribution in [0.25, 0.3) is 0 Å². The van der Waals surface area contributed by atoms with Gasteiger partial charge in [0.15, 0.2) is 0 Å². The maximum absolute atomic E-state index is 10.7. The van der Waals surface area contributed by atoms with Gasteiger partial charge in [-0.3, -0.25) is 0 Å². The van der Waals surface area contributed by atoms with Crippen molar-refractivity contribution in [2.24, 2.45) is 5.14 Å². The largest absolute Gasteiger partial charge is 0.508 e. The minimum absolute atomic E-state index is 0.133. The van der Waals surface area contributed by atoms with Crippen LogP contribution in [-0.4, -0.2) is 32.9 Å². The summed E-state index contributed by atoms with van der Waals surface area (Å²) in [6.07, 6.45) is 0. The number of hydrogen-bond acceptors (Lipinski definition) is 5. The van der Waals surface area contributed by atoms with Gasteiger partial charge < -0.3 is 15.2 Å². The number of nitrogens with one attached hydrogen (secondary N) is 1. The molecule has 0 aliphatic rings. The van der Waals surface area contributed by atoms with Crippen molar-refractivity contribution in [2.45, 2.75) is 6.54 Å². The van der Waals surface area contributed by atoms with Crippen LogP contribution in [-0.2, 0) is 16.6 Å². The Bertz CT molecular complexity index is 473. The van der Waals surface area contributed by atoms with Crippen LogP contribution in [0.15, 0.2) is 18.2 Å². The molecule has 4 N–H and O–H groups in total. The van der Waals surface area contributed by atoms with E-state index in [9.17, 15) is 13.5 Å². The van der Waals surface area contributed by atoms with E-state index in [1.807, 2.05) is 0 Å². The van der Waals surface area contributed by atoms with Gasteiger partial charge in [-0.1, -0.05) is 0 Å². The van der Waals surface area contributed by atoms with Gasteiger partial charge in [0.05, 0.1) is 12.9 Å². The first-order valence-corrected chi connectivity index (χ1v) is 6.71. The number of primary sulfonamides is 1. The molecule has 0 atom stereocenters. The van der Waals surface area contributed by atoms with Crippen LogP contribution < -0.4 is 15.2 Å². The number of sulfonamides is 1. The molecule has 0 aliphatic carbocycles. The van der Waals surface area contributed by atoms with Gasteiger partial charge >= 0.3 is 0 Å². The van der Waals surface area contributed by atoms with E-state index in [-0.39, 0.29) is 18.0 Å². The third kappa shape index (κ3) is 5.03. The Balaban J connectivity index is 2.51. The van der Waals surface area contributed by atoms with Crippen molar-refractivity contribution in [2.75, 3.05) is 19.4 Å². The van der Waals surface area contributed by atoms with E-state index in [1.54, 1.807) is 12.1 Å². The molecule has 0 radical (unpaired) electrons. The molecule has 0 bridgehead atoms. The molecule has 1 aromatic carbocycles. The minimum Gasteiger partial charge on any atom is -0.508 e. The number of phenols is 1. The summed E-state index contributed by atoms with van der Waals surface area (Å²) in [6, 6.07) is 4.85. The van der Waals surface area contributed by atoms with Gasteiger partial charge in [0.2, 0.25) is 10.0 Å². The highest BCUT2D eigenvalue weighted by molar-refractivity contribution is 7.89. The molecule has 17 heavy (non-hydrogen) atoms. The summed E-state index contributed by atoms with van der Waals surface area (Å²) in [7, 11) is -1.92. The standard InChI is InChI=1S/C10H16N2O4S/c1-16-9-2-3-10(13)8(6-9)7-12-4-5-17(11,14)15/h2-3,6,12-13H,4-5,7H2,1H3,(H2,11,14,15). The van der Waals surface area contributed by atoms with E-state index < -0.39 is 10.0 Å². The van der Waals surface area contributed by atoms with Crippen LogP contribution in [0.5, 0.6) is 11.5 Å². The molecule has 7 heteroatoms. The third-order valence-electron chi connectivity index (χ3n) is 2.17. The molecule has 6 nitrogen and oxygen atoms in total.